The van der Waals surface area contributed by atoms with Crippen LogP contribution in [0.3, 0.4) is 0 Å². The minimum Gasteiger partial charge on any atom is -0.467 e. The van der Waals surface area contributed by atoms with E-state index in [9.17, 15) is 4.39 Å². The first-order valence-corrected chi connectivity index (χ1v) is 9.30. The summed E-state index contributed by atoms with van der Waals surface area (Å²) in [6.07, 6.45) is 4.23. The summed E-state index contributed by atoms with van der Waals surface area (Å²) < 4.78 is 30.1. The molecule has 3 rings (SSSR count). The van der Waals surface area contributed by atoms with Gasteiger partial charge in [-0.1, -0.05) is 0 Å². The highest BCUT2D eigenvalue weighted by atomic mass is 127. The van der Waals surface area contributed by atoms with Crippen LogP contribution >= 0.6 is 24.0 Å². The summed E-state index contributed by atoms with van der Waals surface area (Å²) in [6.45, 7) is 3.72. The Hall–Kier alpha value is -1.13. The van der Waals surface area contributed by atoms with E-state index in [4.69, 9.17) is 14.2 Å². The van der Waals surface area contributed by atoms with Crippen molar-refractivity contribution in [3.05, 3.63) is 29.1 Å². The van der Waals surface area contributed by atoms with Crippen molar-refractivity contribution in [1.82, 2.24) is 10.6 Å². The Labute approximate surface area is 177 Å². The highest BCUT2D eigenvalue weighted by Crippen LogP contribution is 2.29. The average molecular weight is 493 g/mol. The Morgan fingerprint density at radius 3 is 2.89 bits per heavy atom. The second-order valence-electron chi connectivity index (χ2n) is 6.71. The summed E-state index contributed by atoms with van der Waals surface area (Å²) in [6, 6.07) is 3.00. The summed E-state index contributed by atoms with van der Waals surface area (Å²) in [7, 11) is 1.74. The Bertz CT molecular complexity index is 626. The van der Waals surface area contributed by atoms with Crippen LogP contribution in [-0.2, 0) is 22.5 Å². The van der Waals surface area contributed by atoms with Gasteiger partial charge in [0.05, 0.1) is 6.61 Å². The van der Waals surface area contributed by atoms with Gasteiger partial charge < -0.3 is 24.8 Å². The van der Waals surface area contributed by atoms with Gasteiger partial charge in [0.25, 0.3) is 0 Å². The largest absolute Gasteiger partial charge is 0.467 e. The summed E-state index contributed by atoms with van der Waals surface area (Å²) in [5, 5.41) is 6.52. The molecule has 1 aromatic rings. The topological polar surface area (TPSA) is 64.1 Å². The van der Waals surface area contributed by atoms with Crippen LogP contribution < -0.4 is 15.4 Å². The summed E-state index contributed by atoms with van der Waals surface area (Å²) in [5.74, 6) is 2.03. The molecular formula is C19H29FIN3O3. The van der Waals surface area contributed by atoms with Crippen molar-refractivity contribution in [3.8, 4) is 5.75 Å². The van der Waals surface area contributed by atoms with Crippen LogP contribution in [0.15, 0.2) is 17.1 Å². The fraction of sp³-hybridized carbons (Fsp3) is 0.632. The molecule has 0 unspecified atom stereocenters. The predicted molar refractivity (Wildman–Crippen MR) is 113 cm³/mol. The van der Waals surface area contributed by atoms with E-state index in [-0.39, 0.29) is 36.6 Å². The van der Waals surface area contributed by atoms with Crippen molar-refractivity contribution < 1.29 is 18.6 Å². The Kier molecular flexibility index (Phi) is 9.57. The zero-order valence-corrected chi connectivity index (χ0v) is 18.1. The SMILES string of the molecule is CN=C(NCCCOCC1CC1)NCCc1cc(F)cc2c1OCOC2.I. The van der Waals surface area contributed by atoms with Crippen LogP contribution in [-0.4, -0.2) is 46.1 Å². The minimum atomic E-state index is -0.262. The molecule has 0 saturated heterocycles. The fourth-order valence-corrected chi connectivity index (χ4v) is 2.89. The van der Waals surface area contributed by atoms with E-state index < -0.39 is 0 Å². The molecule has 0 spiro atoms. The molecule has 27 heavy (non-hydrogen) atoms. The van der Waals surface area contributed by atoms with Gasteiger partial charge >= 0.3 is 0 Å². The number of nitrogens with zero attached hydrogens (tertiary/aromatic N) is 1. The zero-order chi connectivity index (χ0) is 18.2. The van der Waals surface area contributed by atoms with Gasteiger partial charge in [0.2, 0.25) is 0 Å². The molecule has 1 aromatic carbocycles. The Morgan fingerprint density at radius 1 is 1.30 bits per heavy atom. The zero-order valence-electron chi connectivity index (χ0n) is 15.8. The first kappa shape index (κ1) is 22.2. The number of hydrogen-bond acceptors (Lipinski definition) is 4. The molecule has 0 bridgehead atoms. The first-order chi connectivity index (χ1) is 12.8. The van der Waals surface area contributed by atoms with Crippen LogP contribution in [0.25, 0.3) is 0 Å². The lowest BCUT2D eigenvalue weighted by molar-refractivity contribution is -0.0172. The maximum absolute atomic E-state index is 13.7. The number of ether oxygens (including phenoxy) is 3. The number of guanidine groups is 1. The van der Waals surface area contributed by atoms with Crippen LogP contribution in [0.2, 0.25) is 0 Å². The lowest BCUT2D eigenvalue weighted by Crippen LogP contribution is -2.39. The highest BCUT2D eigenvalue weighted by Gasteiger charge is 2.20. The van der Waals surface area contributed by atoms with E-state index in [1.807, 2.05) is 0 Å². The molecule has 2 aliphatic rings. The molecule has 0 atom stereocenters. The number of benzene rings is 1. The molecule has 0 radical (unpaired) electrons. The summed E-state index contributed by atoms with van der Waals surface area (Å²) >= 11 is 0. The van der Waals surface area contributed by atoms with Gasteiger partial charge in [0.15, 0.2) is 12.8 Å². The van der Waals surface area contributed by atoms with Crippen molar-refractivity contribution in [2.45, 2.75) is 32.3 Å². The molecule has 1 fully saturated rings. The minimum absolute atomic E-state index is 0. The maximum atomic E-state index is 13.7. The van der Waals surface area contributed by atoms with Gasteiger partial charge in [-0.15, -0.1) is 24.0 Å². The van der Waals surface area contributed by atoms with E-state index in [1.165, 1.54) is 25.0 Å². The van der Waals surface area contributed by atoms with Crippen LogP contribution in [0.4, 0.5) is 4.39 Å². The molecule has 152 valence electrons. The molecule has 1 heterocycles. The smallest absolute Gasteiger partial charge is 0.190 e. The van der Waals surface area contributed by atoms with Crippen molar-refractivity contribution in [2.75, 3.05) is 40.1 Å². The normalized spacial score (nSPS) is 16.1. The average Bonchev–Trinajstić information content (AvgIpc) is 3.47. The van der Waals surface area contributed by atoms with E-state index >= 15 is 0 Å². The van der Waals surface area contributed by atoms with E-state index in [0.717, 1.165) is 54.9 Å². The molecule has 1 aliphatic heterocycles. The number of hydrogen-bond donors (Lipinski definition) is 2. The third-order valence-electron chi connectivity index (χ3n) is 4.47. The van der Waals surface area contributed by atoms with E-state index in [2.05, 4.69) is 15.6 Å². The third-order valence-corrected chi connectivity index (χ3v) is 4.47. The van der Waals surface area contributed by atoms with Crippen molar-refractivity contribution in [1.29, 1.82) is 0 Å². The molecular weight excluding hydrogens is 464 g/mol. The van der Waals surface area contributed by atoms with Crippen molar-refractivity contribution in [2.24, 2.45) is 10.9 Å². The summed E-state index contributed by atoms with van der Waals surface area (Å²) in [5.41, 5.74) is 1.61. The van der Waals surface area contributed by atoms with Crippen LogP contribution in [0.5, 0.6) is 5.75 Å². The number of nitrogens with one attached hydrogen (secondary N) is 2. The maximum Gasteiger partial charge on any atom is 0.190 e. The molecule has 6 nitrogen and oxygen atoms in total. The number of fused-ring (bicyclic) bond motifs is 1. The monoisotopic (exact) mass is 493 g/mol. The lowest BCUT2D eigenvalue weighted by atomic mass is 10.1. The standard InChI is InChI=1S/C19H28FN3O3.HI/c1-21-19(22-6-2-8-24-11-14-3-4-14)23-7-5-15-9-17(20)10-16-12-25-13-26-18(15)16;/h9-10,14H,2-8,11-13H2,1H3,(H2,21,22,23);1H. The van der Waals surface area contributed by atoms with Gasteiger partial charge in [-0.05, 0) is 49.3 Å². The van der Waals surface area contributed by atoms with Gasteiger partial charge in [0, 0.05) is 38.9 Å². The summed E-state index contributed by atoms with van der Waals surface area (Å²) in [4.78, 5) is 4.21. The first-order valence-electron chi connectivity index (χ1n) is 9.30. The van der Waals surface area contributed by atoms with Crippen molar-refractivity contribution >= 4 is 29.9 Å². The van der Waals surface area contributed by atoms with E-state index in [0.29, 0.717) is 19.6 Å². The Morgan fingerprint density at radius 2 is 2.11 bits per heavy atom. The molecule has 2 N–H and O–H groups in total. The van der Waals surface area contributed by atoms with Gasteiger partial charge in [-0.25, -0.2) is 4.39 Å². The van der Waals surface area contributed by atoms with Gasteiger partial charge in [-0.3, -0.25) is 4.99 Å². The molecule has 1 saturated carbocycles. The number of rotatable bonds is 9. The molecule has 0 aromatic heterocycles. The highest BCUT2D eigenvalue weighted by molar-refractivity contribution is 14.0. The van der Waals surface area contributed by atoms with E-state index in [1.54, 1.807) is 7.05 Å². The Balaban J connectivity index is 0.00000261. The number of halogens is 2. The van der Waals surface area contributed by atoms with Crippen LogP contribution in [0, 0.1) is 11.7 Å². The van der Waals surface area contributed by atoms with Gasteiger partial charge in [0.1, 0.15) is 11.6 Å². The van der Waals surface area contributed by atoms with Crippen LogP contribution in [0.1, 0.15) is 30.4 Å². The number of aliphatic imine (C=N–C) groups is 1. The molecule has 8 heteroatoms. The molecule has 0 amide bonds. The predicted octanol–water partition coefficient (Wildman–Crippen LogP) is 2.83. The lowest BCUT2D eigenvalue weighted by Gasteiger charge is -2.21. The molecule has 1 aliphatic carbocycles. The van der Waals surface area contributed by atoms with Crippen molar-refractivity contribution in [3.63, 3.8) is 0 Å². The van der Waals surface area contributed by atoms with Gasteiger partial charge in [-0.2, -0.15) is 0 Å². The third kappa shape index (κ3) is 7.42. The quantitative estimate of drug-likeness (QED) is 0.240. The fourth-order valence-electron chi connectivity index (χ4n) is 2.89. The second kappa shape index (κ2) is 11.7. The second-order valence-corrected chi connectivity index (χ2v) is 6.71.